The van der Waals surface area contributed by atoms with E-state index in [9.17, 15) is 30.3 Å². The van der Waals surface area contributed by atoms with Crippen molar-refractivity contribution in [3.63, 3.8) is 0 Å². The Labute approximate surface area is 186 Å². The molecule has 11 nitrogen and oxygen atoms in total. The van der Waals surface area contributed by atoms with Crippen LogP contribution in [0.15, 0.2) is 39.5 Å². The summed E-state index contributed by atoms with van der Waals surface area (Å²) in [6.07, 6.45) is 0. The molecule has 0 spiro atoms. The summed E-state index contributed by atoms with van der Waals surface area (Å²) >= 11 is 0. The van der Waals surface area contributed by atoms with Crippen molar-refractivity contribution in [3.8, 4) is 40.1 Å². The molecule has 0 aliphatic heterocycles. The van der Waals surface area contributed by atoms with E-state index in [2.05, 4.69) is 0 Å². The van der Waals surface area contributed by atoms with Crippen molar-refractivity contribution in [2.24, 2.45) is 0 Å². The Kier molecular flexibility index (Phi) is 7.53. The van der Waals surface area contributed by atoms with Crippen LogP contribution in [0.1, 0.15) is 0 Å². The van der Waals surface area contributed by atoms with Crippen LogP contribution in [-0.2, 0) is 10.4 Å². The van der Waals surface area contributed by atoms with Crippen LogP contribution in [0.5, 0.6) is 28.7 Å². The molecule has 0 atom stereocenters. The SMILES string of the molecule is O=S(=O)([O-])[O-].O=c1c(O)c(-c2ccc(O)c(O)c2)oc2cc(O)cc(O)c12.[Ca+2]. The minimum Gasteiger partial charge on any atom is -0.759 e. The van der Waals surface area contributed by atoms with Gasteiger partial charge in [0.25, 0.3) is 0 Å². The van der Waals surface area contributed by atoms with Crippen LogP contribution >= 0.6 is 0 Å². The van der Waals surface area contributed by atoms with Crippen molar-refractivity contribution in [2.75, 3.05) is 0 Å². The third-order valence-electron chi connectivity index (χ3n) is 3.17. The van der Waals surface area contributed by atoms with Crippen molar-refractivity contribution in [1.29, 1.82) is 0 Å². The number of rotatable bonds is 1. The van der Waals surface area contributed by atoms with Crippen molar-refractivity contribution in [1.82, 2.24) is 0 Å². The van der Waals surface area contributed by atoms with Gasteiger partial charge in [-0.1, -0.05) is 0 Å². The molecule has 0 amide bonds. The largest absolute Gasteiger partial charge is 2.00 e. The van der Waals surface area contributed by atoms with E-state index >= 15 is 0 Å². The molecule has 0 fully saturated rings. The Morgan fingerprint density at radius 2 is 1.43 bits per heavy atom. The number of aromatic hydroxyl groups is 5. The van der Waals surface area contributed by atoms with Gasteiger partial charge in [0.15, 0.2) is 17.3 Å². The second-order valence-electron chi connectivity index (χ2n) is 5.06. The van der Waals surface area contributed by atoms with Crippen molar-refractivity contribution >= 4 is 59.1 Å². The molecule has 1 aromatic heterocycles. The summed E-state index contributed by atoms with van der Waals surface area (Å²) < 4.78 is 39.4. The summed E-state index contributed by atoms with van der Waals surface area (Å²) in [5, 5.41) is 47.6. The van der Waals surface area contributed by atoms with Crippen LogP contribution in [0.25, 0.3) is 22.3 Å². The van der Waals surface area contributed by atoms with Crippen molar-refractivity contribution in [2.45, 2.75) is 0 Å². The average Bonchev–Trinajstić information content (AvgIpc) is 2.51. The standard InChI is InChI=1S/C15H10O7.Ca.H2O4S/c16-7-4-10(19)12-11(5-7)22-15(14(21)13(12)20)6-1-2-8(17)9(18)3-6;;1-5(2,3)4/h1-5,16-19,21H;;(H2,1,2,3,4)/q;+2;/p-2. The van der Waals surface area contributed by atoms with Gasteiger partial charge in [-0.2, -0.15) is 0 Å². The van der Waals surface area contributed by atoms with E-state index < -0.39 is 33.1 Å². The zero-order chi connectivity index (χ0) is 20.5. The van der Waals surface area contributed by atoms with E-state index in [1.165, 1.54) is 6.07 Å². The molecule has 0 bridgehead atoms. The molecule has 0 aliphatic rings. The average molecular weight is 438 g/mol. The Morgan fingerprint density at radius 1 is 0.857 bits per heavy atom. The molecule has 1 heterocycles. The summed E-state index contributed by atoms with van der Waals surface area (Å²) in [6.45, 7) is 0. The fraction of sp³-hybridized carbons (Fsp3) is 0. The second kappa shape index (κ2) is 8.85. The first-order valence-corrected chi connectivity index (χ1v) is 8.12. The van der Waals surface area contributed by atoms with Crippen molar-refractivity contribution in [3.05, 3.63) is 40.6 Å². The number of hydrogen-bond acceptors (Lipinski definition) is 11. The molecule has 0 saturated carbocycles. The van der Waals surface area contributed by atoms with Crippen LogP contribution in [0.4, 0.5) is 0 Å². The quantitative estimate of drug-likeness (QED) is 0.150. The maximum atomic E-state index is 12.1. The van der Waals surface area contributed by atoms with Gasteiger partial charge < -0.3 is 39.1 Å². The summed E-state index contributed by atoms with van der Waals surface area (Å²) in [5.74, 6) is -2.71. The van der Waals surface area contributed by atoms with Crippen LogP contribution in [0, 0.1) is 0 Å². The predicted octanol–water partition coefficient (Wildman–Crippen LogP) is 0.269. The monoisotopic (exact) mass is 438 g/mol. The third kappa shape index (κ3) is 5.64. The topological polar surface area (TPSA) is 212 Å². The minimum absolute atomic E-state index is 0. The summed E-state index contributed by atoms with van der Waals surface area (Å²) in [6, 6.07) is 5.64. The maximum Gasteiger partial charge on any atom is 2.00 e. The van der Waals surface area contributed by atoms with E-state index in [1.807, 2.05) is 0 Å². The van der Waals surface area contributed by atoms with Gasteiger partial charge in [0.2, 0.25) is 11.2 Å². The first-order valence-electron chi connectivity index (χ1n) is 6.79. The van der Waals surface area contributed by atoms with Crippen LogP contribution in [0.2, 0.25) is 0 Å². The number of phenols is 4. The molecule has 0 aliphatic carbocycles. The number of hydrogen-bond donors (Lipinski definition) is 5. The van der Waals surface area contributed by atoms with Gasteiger partial charge in [-0.05, 0) is 18.2 Å². The first kappa shape index (κ1) is 23.8. The summed E-state index contributed by atoms with van der Waals surface area (Å²) in [5.41, 5.74) is -0.890. The zero-order valence-electron chi connectivity index (χ0n) is 13.7. The van der Waals surface area contributed by atoms with E-state index in [0.29, 0.717) is 0 Å². The molecule has 13 heteroatoms. The molecule has 2 aromatic carbocycles. The van der Waals surface area contributed by atoms with Gasteiger partial charge in [0, 0.05) is 28.1 Å². The van der Waals surface area contributed by atoms with Gasteiger partial charge in [-0.3, -0.25) is 13.2 Å². The van der Waals surface area contributed by atoms with Gasteiger partial charge in [0.05, 0.1) is 0 Å². The Morgan fingerprint density at radius 3 is 1.96 bits per heavy atom. The Bertz CT molecular complexity index is 1180. The maximum absolute atomic E-state index is 12.1. The predicted molar refractivity (Wildman–Crippen MR) is 92.5 cm³/mol. The van der Waals surface area contributed by atoms with E-state index in [1.54, 1.807) is 0 Å². The normalized spacial score (nSPS) is 10.6. The fourth-order valence-corrected chi connectivity index (χ4v) is 2.14. The number of fused-ring (bicyclic) bond motifs is 1. The molecule has 3 rings (SSSR count). The minimum atomic E-state index is -5.17. The van der Waals surface area contributed by atoms with Gasteiger partial charge in [0.1, 0.15) is 22.5 Å². The van der Waals surface area contributed by atoms with E-state index in [4.69, 9.17) is 21.9 Å². The smallest absolute Gasteiger partial charge is 0.759 e. The van der Waals surface area contributed by atoms with E-state index in [0.717, 1.165) is 24.3 Å². The van der Waals surface area contributed by atoms with E-state index in [-0.39, 0.29) is 71.5 Å². The molecule has 0 radical (unpaired) electrons. The Hall–Kier alpha value is -2.22. The van der Waals surface area contributed by atoms with Gasteiger partial charge in [-0.15, -0.1) is 0 Å². The van der Waals surface area contributed by atoms with Crippen LogP contribution in [0.3, 0.4) is 0 Å². The molecule has 0 saturated heterocycles. The molecule has 144 valence electrons. The van der Waals surface area contributed by atoms with Crippen LogP contribution in [-0.4, -0.2) is 80.8 Å². The molecule has 0 unspecified atom stereocenters. The molecular formula is C15H10CaO11S. The van der Waals surface area contributed by atoms with Gasteiger partial charge >= 0.3 is 37.7 Å². The molecule has 5 N–H and O–H groups in total. The molecular weight excluding hydrogens is 428 g/mol. The summed E-state index contributed by atoms with van der Waals surface area (Å²) in [7, 11) is -5.17. The summed E-state index contributed by atoms with van der Waals surface area (Å²) in [4.78, 5) is 12.1. The fourth-order valence-electron chi connectivity index (χ4n) is 2.14. The third-order valence-corrected chi connectivity index (χ3v) is 3.17. The van der Waals surface area contributed by atoms with Gasteiger partial charge in [-0.25, -0.2) is 0 Å². The molecule has 3 aromatic rings. The molecule has 28 heavy (non-hydrogen) atoms. The zero-order valence-corrected chi connectivity index (χ0v) is 16.7. The number of benzene rings is 2. The Balaban J connectivity index is 0.000000584. The number of phenolic OH excluding ortho intramolecular Hbond substituents is 4. The van der Waals surface area contributed by atoms with Crippen molar-refractivity contribution < 1.29 is 47.5 Å². The second-order valence-corrected chi connectivity index (χ2v) is 5.88. The first-order chi connectivity index (χ1) is 12.4. The van der Waals surface area contributed by atoms with Crippen LogP contribution < -0.4 is 5.43 Å².